The Labute approximate surface area is 262 Å². The van der Waals surface area contributed by atoms with Gasteiger partial charge in [-0.25, -0.2) is 9.59 Å². The van der Waals surface area contributed by atoms with E-state index in [4.69, 9.17) is 31.4 Å². The highest BCUT2D eigenvalue weighted by Crippen LogP contribution is 2.52. The van der Waals surface area contributed by atoms with E-state index < -0.39 is 24.3 Å². The number of likely N-dealkylation sites (tertiary alicyclic amines) is 3. The van der Waals surface area contributed by atoms with Crippen molar-refractivity contribution in [3.8, 4) is 0 Å². The summed E-state index contributed by atoms with van der Waals surface area (Å²) in [5.74, 6) is -4.42. The third kappa shape index (κ3) is 9.96. The third-order valence-electron chi connectivity index (χ3n) is 8.25. The van der Waals surface area contributed by atoms with Gasteiger partial charge in [-0.05, 0) is 82.3 Å². The summed E-state index contributed by atoms with van der Waals surface area (Å²) >= 11 is 5.97. The molecule has 2 amide bonds. The van der Waals surface area contributed by atoms with Crippen molar-refractivity contribution < 1.29 is 55.7 Å². The maximum atomic E-state index is 13.6. The number of carboxylic acids is 2. The Morgan fingerprint density at radius 1 is 0.867 bits per heavy atom. The zero-order valence-corrected chi connectivity index (χ0v) is 25.9. The van der Waals surface area contributed by atoms with Crippen molar-refractivity contribution in [1.82, 2.24) is 14.7 Å². The molecule has 2 spiro atoms. The molecule has 9 nitrogen and oxygen atoms in total. The van der Waals surface area contributed by atoms with E-state index in [-0.39, 0.29) is 16.9 Å². The van der Waals surface area contributed by atoms with Gasteiger partial charge in [-0.3, -0.25) is 9.59 Å². The van der Waals surface area contributed by atoms with Crippen LogP contribution in [0.25, 0.3) is 0 Å². The first-order valence-electron chi connectivity index (χ1n) is 14.4. The second-order valence-corrected chi connectivity index (χ2v) is 12.3. The van der Waals surface area contributed by atoms with E-state index in [9.17, 15) is 35.9 Å². The zero-order valence-electron chi connectivity index (χ0n) is 25.2. The molecule has 3 fully saturated rings. The predicted octanol–water partition coefficient (Wildman–Crippen LogP) is 5.57. The van der Waals surface area contributed by atoms with Crippen LogP contribution in [0.2, 0.25) is 5.02 Å². The fourth-order valence-corrected chi connectivity index (χ4v) is 6.33. The molecule has 0 aromatic heterocycles. The first kappa shape index (κ1) is 38.1. The minimum Gasteiger partial charge on any atom is -0.475 e. The Hall–Kier alpha value is -3.07. The molecule has 0 bridgehead atoms. The van der Waals surface area contributed by atoms with Crippen molar-refractivity contribution >= 4 is 35.4 Å². The molecule has 254 valence electrons. The molecule has 3 heterocycles. The number of amides is 2. The lowest BCUT2D eigenvalue weighted by atomic mass is 9.71. The topological polar surface area (TPSA) is 118 Å². The van der Waals surface area contributed by atoms with Crippen molar-refractivity contribution in [2.75, 3.05) is 39.3 Å². The zero-order chi connectivity index (χ0) is 34.4. The summed E-state index contributed by atoms with van der Waals surface area (Å²) in [5, 5.41) is 14.9. The number of halogens is 7. The van der Waals surface area contributed by atoms with Crippen LogP contribution in [-0.2, 0) is 14.4 Å². The van der Waals surface area contributed by atoms with Crippen LogP contribution in [0.4, 0.5) is 26.3 Å². The summed E-state index contributed by atoms with van der Waals surface area (Å²) < 4.78 is 63.5. The highest BCUT2D eigenvalue weighted by Gasteiger charge is 2.59. The number of carbonyl (C=O) groups is 4. The lowest BCUT2D eigenvalue weighted by molar-refractivity contribution is -0.193. The number of nitrogens with zero attached hydrogens (tertiary/aromatic N) is 3. The number of carboxylic acid groups (broad SMARTS) is 2. The summed E-state index contributed by atoms with van der Waals surface area (Å²) in [4.78, 5) is 51.0. The molecule has 0 unspecified atom stereocenters. The number of carbonyl (C=O) groups excluding carboxylic acids is 2. The van der Waals surface area contributed by atoms with Gasteiger partial charge in [0.1, 0.15) is 0 Å². The fourth-order valence-electron chi connectivity index (χ4n) is 6.20. The molecule has 45 heavy (non-hydrogen) atoms. The fraction of sp³-hybridized carbons (Fsp3) is 0.655. The summed E-state index contributed by atoms with van der Waals surface area (Å²) in [7, 11) is 0. The van der Waals surface area contributed by atoms with Gasteiger partial charge in [0.15, 0.2) is 0 Å². The highest BCUT2D eigenvalue weighted by atomic mass is 35.5. The molecule has 0 saturated carbocycles. The lowest BCUT2D eigenvalue weighted by Crippen LogP contribution is -2.54. The molecule has 0 atom stereocenters. The second kappa shape index (κ2) is 15.0. The van der Waals surface area contributed by atoms with Crippen molar-refractivity contribution in [3.05, 3.63) is 34.9 Å². The van der Waals surface area contributed by atoms with Crippen LogP contribution in [-0.4, -0.2) is 106 Å². The molecule has 0 radical (unpaired) electrons. The summed E-state index contributed by atoms with van der Waals surface area (Å²) in [6.07, 6.45) is -5.49. The molecule has 2 N–H and O–H groups in total. The molecule has 3 saturated heterocycles. The van der Waals surface area contributed by atoms with Crippen molar-refractivity contribution in [3.63, 3.8) is 0 Å². The van der Waals surface area contributed by atoms with Gasteiger partial charge in [0.05, 0.1) is 5.41 Å². The van der Waals surface area contributed by atoms with E-state index in [0.717, 1.165) is 58.3 Å². The number of hydrogen-bond acceptors (Lipinski definition) is 5. The summed E-state index contributed by atoms with van der Waals surface area (Å²) in [5.41, 5.74) is 0.415. The van der Waals surface area contributed by atoms with Crippen LogP contribution in [0.3, 0.4) is 0 Å². The summed E-state index contributed by atoms with van der Waals surface area (Å²) in [6.45, 7) is 12.0. The largest absolute Gasteiger partial charge is 0.490 e. The molecule has 1 aromatic carbocycles. The van der Waals surface area contributed by atoms with Crippen LogP contribution in [0.1, 0.15) is 63.2 Å². The van der Waals surface area contributed by atoms with E-state index in [2.05, 4.69) is 30.6 Å². The van der Waals surface area contributed by atoms with Crippen LogP contribution in [0.15, 0.2) is 24.3 Å². The number of rotatable bonds is 4. The van der Waals surface area contributed by atoms with Crippen LogP contribution < -0.4 is 0 Å². The van der Waals surface area contributed by atoms with Gasteiger partial charge >= 0.3 is 24.3 Å². The van der Waals surface area contributed by atoms with Crippen LogP contribution >= 0.6 is 11.6 Å². The van der Waals surface area contributed by atoms with Crippen LogP contribution in [0.5, 0.6) is 0 Å². The molecule has 1 aromatic rings. The highest BCUT2D eigenvalue weighted by molar-refractivity contribution is 6.30. The van der Waals surface area contributed by atoms with Crippen molar-refractivity contribution in [2.45, 2.75) is 70.8 Å². The van der Waals surface area contributed by atoms with Crippen molar-refractivity contribution in [2.24, 2.45) is 11.3 Å². The van der Waals surface area contributed by atoms with E-state index in [0.29, 0.717) is 35.5 Å². The normalized spacial score (nSPS) is 19.6. The van der Waals surface area contributed by atoms with Gasteiger partial charge in [0.2, 0.25) is 5.91 Å². The van der Waals surface area contributed by atoms with E-state index in [1.807, 2.05) is 4.90 Å². The Morgan fingerprint density at radius 2 is 1.31 bits per heavy atom. The number of piperidine rings is 2. The Balaban J connectivity index is 0.000000421. The monoisotopic (exact) mass is 673 g/mol. The van der Waals surface area contributed by atoms with Gasteiger partial charge in [0.25, 0.3) is 5.91 Å². The number of alkyl halides is 6. The minimum atomic E-state index is -5.08. The Morgan fingerprint density at radius 3 is 1.69 bits per heavy atom. The van der Waals surface area contributed by atoms with Gasteiger partial charge in [-0.2, -0.15) is 26.3 Å². The SMILES string of the molecule is CCN1C(=O)C2(CCN(CC(C)C)CC2)CC12CCN(C(=O)c1ccc(Cl)cc1)CC2.O=C(O)C(F)(F)F.O=C(O)C(F)(F)F. The number of aliphatic carboxylic acids is 2. The molecule has 3 aliphatic heterocycles. The van der Waals surface area contributed by atoms with Gasteiger partial charge < -0.3 is 24.9 Å². The average Bonchev–Trinajstić information content (AvgIpc) is 3.15. The molecule has 16 heteroatoms. The van der Waals surface area contributed by atoms with Gasteiger partial charge in [0, 0.05) is 42.3 Å². The first-order chi connectivity index (χ1) is 20.7. The van der Waals surface area contributed by atoms with Crippen LogP contribution in [0, 0.1) is 11.3 Å². The van der Waals surface area contributed by atoms with E-state index >= 15 is 0 Å². The standard InChI is InChI=1S/C25H36ClN3O2.2C2HF3O2/c1-4-29-23(31)24(9-13-27(14-10-24)17-19(2)3)18-25(29)11-15-28(16-12-25)22(30)20-5-7-21(26)8-6-20;2*3-2(4,5)1(6)7/h5-8,19H,4,9-18H2,1-3H3;2*(H,6,7). The lowest BCUT2D eigenvalue weighted by Gasteiger charge is -2.45. The molecular formula is C29H38ClF6N3O6. The molecule has 3 aliphatic rings. The van der Waals surface area contributed by atoms with E-state index in [1.165, 1.54) is 0 Å². The van der Waals surface area contributed by atoms with Gasteiger partial charge in [-0.1, -0.05) is 25.4 Å². The second-order valence-electron chi connectivity index (χ2n) is 11.8. The predicted molar refractivity (Wildman–Crippen MR) is 152 cm³/mol. The quantitative estimate of drug-likeness (QED) is 0.401. The Bertz CT molecular complexity index is 1170. The Kier molecular flexibility index (Phi) is 12.7. The first-order valence-corrected chi connectivity index (χ1v) is 14.7. The van der Waals surface area contributed by atoms with Gasteiger partial charge in [-0.15, -0.1) is 0 Å². The number of benzene rings is 1. The third-order valence-corrected chi connectivity index (χ3v) is 8.50. The smallest absolute Gasteiger partial charge is 0.475 e. The minimum absolute atomic E-state index is 0.0654. The van der Waals surface area contributed by atoms with E-state index in [1.54, 1.807) is 24.3 Å². The summed E-state index contributed by atoms with van der Waals surface area (Å²) in [6, 6.07) is 7.13. The molecular weight excluding hydrogens is 636 g/mol. The van der Waals surface area contributed by atoms with Crippen molar-refractivity contribution in [1.29, 1.82) is 0 Å². The number of hydrogen-bond donors (Lipinski definition) is 2. The average molecular weight is 674 g/mol. The maximum Gasteiger partial charge on any atom is 0.490 e. The maximum absolute atomic E-state index is 13.6. The molecule has 4 rings (SSSR count). The molecule has 0 aliphatic carbocycles.